The number of halogens is 1. The van der Waals surface area contributed by atoms with E-state index in [0.717, 1.165) is 16.3 Å². The average molecular weight is 765 g/mol. The van der Waals surface area contributed by atoms with Gasteiger partial charge in [0.05, 0.1) is 36.5 Å². The van der Waals surface area contributed by atoms with E-state index in [9.17, 15) is 23.1 Å². The van der Waals surface area contributed by atoms with E-state index < -0.39 is 34.1 Å². The van der Waals surface area contributed by atoms with Crippen molar-refractivity contribution < 1.29 is 27.9 Å². The fourth-order valence-electron chi connectivity index (χ4n) is 5.91. The highest BCUT2D eigenvalue weighted by Gasteiger charge is 2.41. The first kappa shape index (κ1) is 37.8. The molecule has 1 saturated heterocycles. The summed E-state index contributed by atoms with van der Waals surface area (Å²) in [6.07, 6.45) is -1.04. The number of thiazole rings is 1. The summed E-state index contributed by atoms with van der Waals surface area (Å²) in [4.78, 5) is 35.4. The van der Waals surface area contributed by atoms with Crippen molar-refractivity contribution in [3.05, 3.63) is 74.6 Å². The van der Waals surface area contributed by atoms with Crippen molar-refractivity contribution in [2.24, 2.45) is 11.8 Å². The summed E-state index contributed by atoms with van der Waals surface area (Å²) in [7, 11) is -2.72. The number of amides is 3. The molecule has 3 atom stereocenters. The van der Waals surface area contributed by atoms with Crippen LogP contribution in [-0.2, 0) is 27.8 Å². The van der Waals surface area contributed by atoms with Gasteiger partial charge in [0.25, 0.3) is 0 Å². The first-order valence-electron chi connectivity index (χ1n) is 16.0. The number of nitrogens with zero attached hydrogens (tertiary/aromatic N) is 4. The highest BCUT2D eigenvalue weighted by molar-refractivity contribution is 9.10. The molecule has 0 bridgehead atoms. The van der Waals surface area contributed by atoms with E-state index in [1.165, 1.54) is 28.8 Å². The topological polar surface area (TPSA) is 132 Å². The van der Waals surface area contributed by atoms with E-state index in [1.54, 1.807) is 21.9 Å². The van der Waals surface area contributed by atoms with Gasteiger partial charge in [0, 0.05) is 36.0 Å². The molecular formula is C34H46BrN5O6S2. The van der Waals surface area contributed by atoms with Gasteiger partial charge in [-0.2, -0.15) is 4.31 Å². The highest BCUT2D eigenvalue weighted by Crippen LogP contribution is 2.31. The van der Waals surface area contributed by atoms with E-state index in [-0.39, 0.29) is 48.0 Å². The summed E-state index contributed by atoms with van der Waals surface area (Å²) in [6, 6.07) is 12.2. The first-order chi connectivity index (χ1) is 22.7. The van der Waals surface area contributed by atoms with Gasteiger partial charge in [0.15, 0.2) is 0 Å². The van der Waals surface area contributed by atoms with Crippen LogP contribution in [0.15, 0.2) is 63.3 Å². The molecule has 14 heteroatoms. The monoisotopic (exact) mass is 763 g/mol. The quantitative estimate of drug-likeness (QED) is 0.212. The Morgan fingerprint density at radius 1 is 1.12 bits per heavy atom. The molecular weight excluding hydrogens is 718 g/mol. The molecule has 0 aliphatic carbocycles. The Bertz CT molecular complexity index is 1650. The molecule has 1 aliphatic heterocycles. The maximum atomic E-state index is 14.1. The molecule has 0 spiro atoms. The second-order valence-corrected chi connectivity index (χ2v) is 16.7. The summed E-state index contributed by atoms with van der Waals surface area (Å²) in [6.45, 7) is 10.5. The molecule has 11 nitrogen and oxygen atoms in total. The number of urea groups is 1. The van der Waals surface area contributed by atoms with E-state index in [4.69, 9.17) is 4.74 Å². The van der Waals surface area contributed by atoms with E-state index in [0.29, 0.717) is 24.1 Å². The third-order valence-corrected chi connectivity index (χ3v) is 11.3. The third-order valence-electron chi connectivity index (χ3n) is 8.18. The number of aryl methyl sites for hydroxylation is 1. The number of nitrogens with one attached hydrogen (secondary N) is 1. The Hall–Kier alpha value is -3.04. The van der Waals surface area contributed by atoms with E-state index in [1.807, 2.05) is 70.3 Å². The van der Waals surface area contributed by atoms with Crippen LogP contribution in [0.25, 0.3) is 0 Å². The summed E-state index contributed by atoms with van der Waals surface area (Å²) in [5.41, 5.74) is 1.67. The summed E-state index contributed by atoms with van der Waals surface area (Å²) in [5, 5.41) is 17.7. The minimum atomic E-state index is -4.13. The van der Waals surface area contributed by atoms with Gasteiger partial charge >= 0.3 is 6.03 Å². The molecule has 262 valence electrons. The molecule has 3 aromatic rings. The SMILES string of the molecule is COc1ccc(Br)cc1S(=O)(=O)N(CC(C)C)C[C@@H](O)[C@H](Cc1ccccc1)NC(=O)C(C(C)C)N1CCN(Cc2csc(C)n2)C1=O. The number of ether oxygens (including phenoxy) is 1. The summed E-state index contributed by atoms with van der Waals surface area (Å²) >= 11 is 4.89. The lowest BCUT2D eigenvalue weighted by molar-refractivity contribution is -0.128. The van der Waals surface area contributed by atoms with Crippen molar-refractivity contribution in [3.8, 4) is 5.75 Å². The molecule has 1 aliphatic rings. The Kier molecular flexibility index (Phi) is 13.0. The van der Waals surface area contributed by atoms with Crippen molar-refractivity contribution in [2.75, 3.05) is 33.3 Å². The number of methoxy groups -OCH3 is 1. The minimum Gasteiger partial charge on any atom is -0.495 e. The summed E-state index contributed by atoms with van der Waals surface area (Å²) < 4.78 is 35.4. The Morgan fingerprint density at radius 3 is 2.44 bits per heavy atom. The number of hydrogen-bond donors (Lipinski definition) is 2. The lowest BCUT2D eigenvalue weighted by atomic mass is 9.97. The van der Waals surface area contributed by atoms with Crippen molar-refractivity contribution in [1.29, 1.82) is 0 Å². The van der Waals surface area contributed by atoms with Crippen LogP contribution < -0.4 is 10.1 Å². The largest absolute Gasteiger partial charge is 0.495 e. The van der Waals surface area contributed by atoms with Gasteiger partial charge in [-0.3, -0.25) is 4.79 Å². The maximum absolute atomic E-state index is 14.1. The number of aliphatic hydroxyl groups is 1. The van der Waals surface area contributed by atoms with Crippen LogP contribution in [0.3, 0.4) is 0 Å². The van der Waals surface area contributed by atoms with Crippen LogP contribution in [-0.4, -0.2) is 96.0 Å². The zero-order valence-corrected chi connectivity index (χ0v) is 31.5. The number of sulfonamides is 1. The van der Waals surface area contributed by atoms with E-state index in [2.05, 4.69) is 26.2 Å². The number of carbonyl (C=O) groups excluding carboxylic acids is 2. The zero-order valence-electron chi connectivity index (χ0n) is 28.3. The normalized spacial score (nSPS) is 15.8. The Balaban J connectivity index is 1.60. The smallest absolute Gasteiger partial charge is 0.321 e. The van der Waals surface area contributed by atoms with E-state index >= 15 is 0 Å². The van der Waals surface area contributed by atoms with Crippen molar-refractivity contribution in [3.63, 3.8) is 0 Å². The molecule has 2 heterocycles. The second kappa shape index (κ2) is 16.6. The van der Waals surface area contributed by atoms with Gasteiger partial charge in [-0.25, -0.2) is 18.2 Å². The molecule has 1 unspecified atom stereocenters. The fraction of sp³-hybridized carbons (Fsp3) is 0.500. The second-order valence-electron chi connectivity index (χ2n) is 12.8. The van der Waals surface area contributed by atoms with Crippen molar-refractivity contribution >= 4 is 49.2 Å². The van der Waals surface area contributed by atoms with Crippen LogP contribution >= 0.6 is 27.3 Å². The number of hydrogen-bond acceptors (Lipinski definition) is 8. The fourth-order valence-corrected chi connectivity index (χ4v) is 8.83. The number of aliphatic hydroxyl groups excluding tert-OH is 1. The number of aromatic nitrogens is 1. The molecule has 3 amide bonds. The lowest BCUT2D eigenvalue weighted by Gasteiger charge is -2.34. The van der Waals surface area contributed by atoms with Crippen LogP contribution in [0.4, 0.5) is 4.79 Å². The summed E-state index contributed by atoms with van der Waals surface area (Å²) in [5.74, 6) is -0.511. The first-order valence-corrected chi connectivity index (χ1v) is 19.1. The number of rotatable bonds is 16. The van der Waals surface area contributed by atoms with Gasteiger partial charge in [-0.05, 0) is 48.9 Å². The molecule has 2 N–H and O–H groups in total. The van der Waals surface area contributed by atoms with Gasteiger partial charge in [0.1, 0.15) is 16.7 Å². The standard InChI is InChI=1S/C34H46BrN5O6S2/c1-22(2)18-39(48(44,45)31-17-26(35)12-13-30(31)46-6)20-29(41)28(16-25-10-8-7-9-11-25)37-33(42)32(23(3)4)40-15-14-38(34(40)43)19-27-21-47-24(5)36-27/h7-13,17,21-23,28-29,32,41H,14-16,18-20H2,1-6H3,(H,37,42)/t28-,29+,32?/m0/s1. The molecule has 0 radical (unpaired) electrons. The maximum Gasteiger partial charge on any atom is 0.321 e. The lowest BCUT2D eigenvalue weighted by Crippen LogP contribution is -2.57. The highest BCUT2D eigenvalue weighted by atomic mass is 79.9. The number of benzene rings is 2. The van der Waals surface area contributed by atoms with Crippen LogP contribution in [0.2, 0.25) is 0 Å². The van der Waals surface area contributed by atoms with Crippen molar-refractivity contribution in [1.82, 2.24) is 24.4 Å². The Labute approximate surface area is 296 Å². The number of carbonyl (C=O) groups is 2. The van der Waals surface area contributed by atoms with Crippen molar-refractivity contribution in [2.45, 2.75) is 70.7 Å². The molecule has 2 aromatic carbocycles. The van der Waals surface area contributed by atoms with Gasteiger partial charge < -0.3 is 25.0 Å². The molecule has 1 fully saturated rings. The Morgan fingerprint density at radius 2 is 1.83 bits per heavy atom. The van der Waals surface area contributed by atoms with Gasteiger partial charge in [-0.1, -0.05) is 74.0 Å². The predicted molar refractivity (Wildman–Crippen MR) is 190 cm³/mol. The van der Waals surface area contributed by atoms with Crippen LogP contribution in [0, 0.1) is 18.8 Å². The molecule has 48 heavy (non-hydrogen) atoms. The molecule has 0 saturated carbocycles. The minimum absolute atomic E-state index is 0.0272. The molecule has 4 rings (SSSR count). The zero-order chi connectivity index (χ0) is 35.2. The van der Waals surface area contributed by atoms with Gasteiger partial charge in [-0.15, -0.1) is 11.3 Å². The molecule has 1 aromatic heterocycles. The van der Waals surface area contributed by atoms with Gasteiger partial charge in [0.2, 0.25) is 15.9 Å². The third kappa shape index (κ3) is 9.35. The average Bonchev–Trinajstić information content (AvgIpc) is 3.60. The van der Waals surface area contributed by atoms with Crippen LogP contribution in [0.1, 0.15) is 44.0 Å². The predicted octanol–water partition coefficient (Wildman–Crippen LogP) is 4.92. The van der Waals surface area contributed by atoms with Crippen LogP contribution in [0.5, 0.6) is 5.75 Å².